The topological polar surface area (TPSA) is 21.7 Å². The van der Waals surface area contributed by atoms with Gasteiger partial charge in [0.15, 0.2) is 0 Å². The van der Waals surface area contributed by atoms with Crippen LogP contribution in [0.3, 0.4) is 0 Å². The van der Waals surface area contributed by atoms with E-state index in [2.05, 4.69) is 4.90 Å². The zero-order valence-corrected chi connectivity index (χ0v) is 17.1. The SMILES string of the molecule is Clc1ccc(OCCN(CCOc2ccc(Cl)cc2)C2CCCCC2)cc1. The predicted octanol–water partition coefficient (Wildman–Crippen LogP) is 6.09. The lowest BCUT2D eigenvalue weighted by Crippen LogP contribution is -2.41. The second-order valence-corrected chi connectivity index (χ2v) is 7.81. The highest BCUT2D eigenvalue weighted by Gasteiger charge is 2.21. The fraction of sp³-hybridized carbons (Fsp3) is 0.455. The molecule has 0 aromatic heterocycles. The molecule has 0 atom stereocenters. The van der Waals surface area contributed by atoms with Crippen LogP contribution in [-0.2, 0) is 0 Å². The molecule has 0 unspecified atom stereocenters. The molecule has 1 aliphatic rings. The first kappa shape index (κ1) is 20.3. The first-order valence-electron chi connectivity index (χ1n) is 9.71. The number of hydrogen-bond acceptors (Lipinski definition) is 3. The normalized spacial score (nSPS) is 15.1. The maximum atomic E-state index is 5.93. The summed E-state index contributed by atoms with van der Waals surface area (Å²) < 4.78 is 11.8. The van der Waals surface area contributed by atoms with Gasteiger partial charge in [-0.25, -0.2) is 0 Å². The van der Waals surface area contributed by atoms with Crippen LogP contribution in [-0.4, -0.2) is 37.2 Å². The summed E-state index contributed by atoms with van der Waals surface area (Å²) in [6, 6.07) is 15.7. The molecule has 27 heavy (non-hydrogen) atoms. The predicted molar refractivity (Wildman–Crippen MR) is 112 cm³/mol. The minimum Gasteiger partial charge on any atom is -0.492 e. The monoisotopic (exact) mass is 407 g/mol. The Bertz CT molecular complexity index is 618. The Morgan fingerprint density at radius 2 is 1.15 bits per heavy atom. The molecule has 5 heteroatoms. The molecule has 0 heterocycles. The van der Waals surface area contributed by atoms with Crippen LogP contribution in [0, 0.1) is 0 Å². The van der Waals surface area contributed by atoms with E-state index in [-0.39, 0.29) is 0 Å². The van der Waals surface area contributed by atoms with E-state index in [4.69, 9.17) is 32.7 Å². The molecule has 0 saturated heterocycles. The Morgan fingerprint density at radius 3 is 1.59 bits per heavy atom. The van der Waals surface area contributed by atoms with E-state index < -0.39 is 0 Å². The Labute approximate surface area is 172 Å². The standard InChI is InChI=1S/C22H27Cl2NO2/c23-18-6-10-21(11-7-18)26-16-14-25(20-4-2-1-3-5-20)15-17-27-22-12-8-19(24)9-13-22/h6-13,20H,1-5,14-17H2. The van der Waals surface area contributed by atoms with E-state index in [9.17, 15) is 0 Å². The van der Waals surface area contributed by atoms with Crippen LogP contribution in [0.15, 0.2) is 48.5 Å². The Balaban J connectivity index is 1.48. The molecule has 2 aromatic carbocycles. The van der Waals surface area contributed by atoms with Crippen LogP contribution in [0.25, 0.3) is 0 Å². The molecular weight excluding hydrogens is 381 g/mol. The van der Waals surface area contributed by atoms with Crippen molar-refractivity contribution in [1.82, 2.24) is 4.90 Å². The minimum atomic E-state index is 0.626. The third kappa shape index (κ3) is 6.91. The molecule has 0 bridgehead atoms. The molecular formula is C22H27Cl2NO2. The average molecular weight is 408 g/mol. The summed E-state index contributed by atoms with van der Waals surface area (Å²) in [5.41, 5.74) is 0. The van der Waals surface area contributed by atoms with Crippen LogP contribution in [0.4, 0.5) is 0 Å². The third-order valence-electron chi connectivity index (χ3n) is 5.01. The quantitative estimate of drug-likeness (QED) is 0.502. The van der Waals surface area contributed by atoms with Gasteiger partial charge in [0.25, 0.3) is 0 Å². The average Bonchev–Trinajstić information content (AvgIpc) is 2.70. The molecule has 3 nitrogen and oxygen atoms in total. The van der Waals surface area contributed by atoms with Gasteiger partial charge in [0.05, 0.1) is 0 Å². The van der Waals surface area contributed by atoms with Crippen molar-refractivity contribution >= 4 is 23.2 Å². The molecule has 146 valence electrons. The number of benzene rings is 2. The minimum absolute atomic E-state index is 0.626. The Kier molecular flexibility index (Phi) is 8.12. The van der Waals surface area contributed by atoms with E-state index in [0.717, 1.165) is 34.6 Å². The summed E-state index contributed by atoms with van der Waals surface area (Å²) in [5.74, 6) is 1.72. The fourth-order valence-corrected chi connectivity index (χ4v) is 3.80. The maximum Gasteiger partial charge on any atom is 0.119 e. The van der Waals surface area contributed by atoms with Gasteiger partial charge in [0.1, 0.15) is 24.7 Å². The first-order valence-corrected chi connectivity index (χ1v) is 10.5. The van der Waals surface area contributed by atoms with Gasteiger partial charge < -0.3 is 9.47 Å². The van der Waals surface area contributed by atoms with Crippen LogP contribution < -0.4 is 9.47 Å². The van der Waals surface area contributed by atoms with E-state index in [0.29, 0.717) is 19.3 Å². The van der Waals surface area contributed by atoms with Gasteiger partial charge in [-0.1, -0.05) is 42.5 Å². The fourth-order valence-electron chi connectivity index (χ4n) is 3.55. The second-order valence-electron chi connectivity index (χ2n) is 6.93. The number of rotatable bonds is 9. The Hall–Kier alpha value is -1.42. The Morgan fingerprint density at radius 1 is 0.704 bits per heavy atom. The lowest BCUT2D eigenvalue weighted by molar-refractivity contribution is 0.111. The van der Waals surface area contributed by atoms with Crippen molar-refractivity contribution in [3.8, 4) is 11.5 Å². The summed E-state index contributed by atoms with van der Waals surface area (Å²) in [6.45, 7) is 3.13. The molecule has 0 amide bonds. The molecule has 0 aliphatic heterocycles. The van der Waals surface area contributed by atoms with Gasteiger partial charge in [-0.2, -0.15) is 0 Å². The third-order valence-corrected chi connectivity index (χ3v) is 5.52. The van der Waals surface area contributed by atoms with Gasteiger partial charge in [-0.05, 0) is 61.4 Å². The molecule has 0 radical (unpaired) electrons. The molecule has 1 aliphatic carbocycles. The van der Waals surface area contributed by atoms with Crippen molar-refractivity contribution in [3.05, 3.63) is 58.6 Å². The van der Waals surface area contributed by atoms with E-state index in [1.54, 1.807) is 0 Å². The number of hydrogen-bond donors (Lipinski definition) is 0. The summed E-state index contributed by atoms with van der Waals surface area (Å²) in [4.78, 5) is 2.52. The maximum absolute atomic E-state index is 5.93. The van der Waals surface area contributed by atoms with Crippen molar-refractivity contribution in [3.63, 3.8) is 0 Å². The molecule has 1 fully saturated rings. The van der Waals surface area contributed by atoms with E-state index >= 15 is 0 Å². The summed E-state index contributed by atoms with van der Waals surface area (Å²) >= 11 is 11.9. The lowest BCUT2D eigenvalue weighted by atomic mass is 9.94. The highest BCUT2D eigenvalue weighted by atomic mass is 35.5. The largest absolute Gasteiger partial charge is 0.492 e. The van der Waals surface area contributed by atoms with Crippen LogP contribution in [0.5, 0.6) is 11.5 Å². The second kappa shape index (κ2) is 10.8. The number of nitrogens with zero attached hydrogens (tertiary/aromatic N) is 1. The lowest BCUT2D eigenvalue weighted by Gasteiger charge is -2.34. The highest BCUT2D eigenvalue weighted by molar-refractivity contribution is 6.30. The molecule has 3 rings (SSSR count). The van der Waals surface area contributed by atoms with Crippen molar-refractivity contribution in [2.45, 2.75) is 38.1 Å². The summed E-state index contributed by atoms with van der Waals surface area (Å²) in [6.07, 6.45) is 6.52. The van der Waals surface area contributed by atoms with Crippen molar-refractivity contribution in [2.75, 3.05) is 26.3 Å². The summed E-state index contributed by atoms with van der Waals surface area (Å²) in [7, 11) is 0. The van der Waals surface area contributed by atoms with Gasteiger partial charge in [-0.3, -0.25) is 4.90 Å². The summed E-state index contributed by atoms with van der Waals surface area (Å²) in [5, 5.41) is 1.45. The zero-order valence-electron chi connectivity index (χ0n) is 15.6. The van der Waals surface area contributed by atoms with E-state index in [1.807, 2.05) is 48.5 Å². The van der Waals surface area contributed by atoms with Gasteiger partial charge in [0.2, 0.25) is 0 Å². The van der Waals surface area contributed by atoms with Crippen molar-refractivity contribution in [1.29, 1.82) is 0 Å². The van der Waals surface area contributed by atoms with Gasteiger partial charge in [-0.15, -0.1) is 0 Å². The van der Waals surface area contributed by atoms with E-state index in [1.165, 1.54) is 32.1 Å². The van der Waals surface area contributed by atoms with Crippen molar-refractivity contribution in [2.24, 2.45) is 0 Å². The number of halogens is 2. The number of ether oxygens (including phenoxy) is 2. The van der Waals surface area contributed by atoms with Crippen LogP contribution >= 0.6 is 23.2 Å². The van der Waals surface area contributed by atoms with Crippen LogP contribution in [0.2, 0.25) is 10.0 Å². The molecule has 2 aromatic rings. The van der Waals surface area contributed by atoms with Gasteiger partial charge >= 0.3 is 0 Å². The smallest absolute Gasteiger partial charge is 0.119 e. The molecule has 0 spiro atoms. The highest BCUT2D eigenvalue weighted by Crippen LogP contribution is 2.23. The molecule has 1 saturated carbocycles. The first-order chi connectivity index (χ1) is 13.2. The zero-order chi connectivity index (χ0) is 18.9. The van der Waals surface area contributed by atoms with Crippen LogP contribution in [0.1, 0.15) is 32.1 Å². The van der Waals surface area contributed by atoms with Crippen molar-refractivity contribution < 1.29 is 9.47 Å². The van der Waals surface area contributed by atoms with Gasteiger partial charge in [0, 0.05) is 29.2 Å². The molecule has 0 N–H and O–H groups in total.